The predicted molar refractivity (Wildman–Crippen MR) is 62.2 cm³/mol. The van der Waals surface area contributed by atoms with Gasteiger partial charge in [0.2, 0.25) is 0 Å². The van der Waals surface area contributed by atoms with Gasteiger partial charge >= 0.3 is 0 Å². The Hall–Kier alpha value is -1.77. The predicted octanol–water partition coefficient (Wildman–Crippen LogP) is 2.38. The zero-order chi connectivity index (χ0) is 11.7. The first kappa shape index (κ1) is 13.2. The normalized spacial score (nSPS) is 13.1. The highest BCUT2D eigenvalue weighted by molar-refractivity contribution is 5.76. The van der Waals surface area contributed by atoms with Crippen molar-refractivity contribution in [2.24, 2.45) is 5.73 Å². The summed E-state index contributed by atoms with van der Waals surface area (Å²) in [5.41, 5.74) is 6.51. The van der Waals surface area contributed by atoms with Gasteiger partial charge in [0.1, 0.15) is 6.29 Å². The van der Waals surface area contributed by atoms with E-state index >= 15 is 0 Å². The van der Waals surface area contributed by atoms with Crippen LogP contribution in [0.1, 0.15) is 19.8 Å². The van der Waals surface area contributed by atoms with E-state index in [2.05, 4.69) is 6.58 Å². The van der Waals surface area contributed by atoms with Gasteiger partial charge in [-0.2, -0.15) is 0 Å². The first-order valence-corrected chi connectivity index (χ1v) is 4.76. The fraction of sp³-hybridized carbons (Fsp3) is 0.250. The zero-order valence-electron chi connectivity index (χ0n) is 8.94. The van der Waals surface area contributed by atoms with E-state index in [1.54, 1.807) is 12.2 Å². The SMILES string of the molecule is C=C(C=O)/C=C(/O)C/C=C\C(N)=C/CC. The van der Waals surface area contributed by atoms with Crippen molar-refractivity contribution in [3.05, 3.63) is 47.9 Å². The number of aliphatic hydroxyl groups excluding tert-OH is 1. The Kier molecular flexibility index (Phi) is 6.72. The van der Waals surface area contributed by atoms with Gasteiger partial charge < -0.3 is 10.8 Å². The molecule has 0 saturated carbocycles. The van der Waals surface area contributed by atoms with Gasteiger partial charge in [0.15, 0.2) is 0 Å². The minimum atomic E-state index is 0.0904. The van der Waals surface area contributed by atoms with Crippen LogP contribution in [0.15, 0.2) is 47.9 Å². The van der Waals surface area contributed by atoms with Crippen molar-refractivity contribution in [2.45, 2.75) is 19.8 Å². The van der Waals surface area contributed by atoms with Gasteiger partial charge in [-0.15, -0.1) is 0 Å². The second-order valence-electron chi connectivity index (χ2n) is 3.05. The van der Waals surface area contributed by atoms with Crippen LogP contribution in [0.3, 0.4) is 0 Å². The summed E-state index contributed by atoms with van der Waals surface area (Å²) in [5.74, 6) is 0.0904. The van der Waals surface area contributed by atoms with Crippen LogP contribution >= 0.6 is 0 Å². The lowest BCUT2D eigenvalue weighted by molar-refractivity contribution is -0.104. The maximum Gasteiger partial charge on any atom is 0.149 e. The Morgan fingerprint density at radius 2 is 2.20 bits per heavy atom. The molecule has 0 spiro atoms. The van der Waals surface area contributed by atoms with E-state index in [-0.39, 0.29) is 11.3 Å². The Morgan fingerprint density at radius 3 is 2.73 bits per heavy atom. The van der Waals surface area contributed by atoms with Crippen molar-refractivity contribution >= 4 is 6.29 Å². The lowest BCUT2D eigenvalue weighted by Gasteiger charge is -1.94. The third kappa shape index (κ3) is 7.31. The molecule has 0 fully saturated rings. The molecule has 15 heavy (non-hydrogen) atoms. The molecule has 0 heterocycles. The van der Waals surface area contributed by atoms with Crippen LogP contribution in [0, 0.1) is 0 Å². The van der Waals surface area contributed by atoms with E-state index in [0.717, 1.165) is 6.42 Å². The minimum Gasteiger partial charge on any atom is -0.512 e. The number of aliphatic hydroxyl groups is 1. The van der Waals surface area contributed by atoms with E-state index in [9.17, 15) is 9.90 Å². The Balaban J connectivity index is 4.16. The average Bonchev–Trinajstić information content (AvgIpc) is 2.18. The number of aldehydes is 1. The summed E-state index contributed by atoms with van der Waals surface area (Å²) in [6.07, 6.45) is 8.46. The number of nitrogens with two attached hydrogens (primary N) is 1. The molecule has 0 aliphatic carbocycles. The summed E-state index contributed by atoms with van der Waals surface area (Å²) in [5, 5.41) is 9.32. The molecule has 3 heteroatoms. The van der Waals surface area contributed by atoms with Crippen molar-refractivity contribution in [1.82, 2.24) is 0 Å². The number of hydrogen-bond acceptors (Lipinski definition) is 3. The molecule has 0 aromatic rings. The standard InChI is InChI=1S/C12H17NO2/c1-3-5-11(13)6-4-7-12(15)8-10(2)9-14/h4-6,8-9,15H,2-3,7,13H2,1H3/b6-4-,11-5+,12-8+. The summed E-state index contributed by atoms with van der Waals surface area (Å²) in [4.78, 5) is 10.2. The van der Waals surface area contributed by atoms with E-state index in [4.69, 9.17) is 5.73 Å². The maximum absolute atomic E-state index is 10.2. The molecule has 0 aromatic heterocycles. The van der Waals surface area contributed by atoms with Crippen LogP contribution in [0.5, 0.6) is 0 Å². The third-order valence-corrected chi connectivity index (χ3v) is 1.58. The fourth-order valence-electron chi connectivity index (χ4n) is 0.926. The van der Waals surface area contributed by atoms with E-state index in [1.807, 2.05) is 13.0 Å². The van der Waals surface area contributed by atoms with Crippen molar-refractivity contribution in [2.75, 3.05) is 0 Å². The molecule has 0 radical (unpaired) electrons. The van der Waals surface area contributed by atoms with Crippen molar-refractivity contribution in [3.8, 4) is 0 Å². The largest absolute Gasteiger partial charge is 0.512 e. The summed E-state index contributed by atoms with van der Waals surface area (Å²) in [6.45, 7) is 5.41. The van der Waals surface area contributed by atoms with E-state index in [0.29, 0.717) is 18.4 Å². The van der Waals surface area contributed by atoms with Gasteiger partial charge in [0.05, 0.1) is 5.76 Å². The third-order valence-electron chi connectivity index (χ3n) is 1.58. The van der Waals surface area contributed by atoms with Gasteiger partial charge in [0, 0.05) is 17.7 Å². The lowest BCUT2D eigenvalue weighted by atomic mass is 10.2. The highest BCUT2D eigenvalue weighted by Gasteiger charge is 1.91. The second-order valence-corrected chi connectivity index (χ2v) is 3.05. The number of hydrogen-bond donors (Lipinski definition) is 2. The molecular weight excluding hydrogens is 190 g/mol. The molecule has 0 aliphatic heterocycles. The van der Waals surface area contributed by atoms with Crippen LogP contribution in [0.2, 0.25) is 0 Å². The van der Waals surface area contributed by atoms with Crippen LogP contribution in [-0.2, 0) is 4.79 Å². The zero-order valence-corrected chi connectivity index (χ0v) is 8.94. The molecule has 82 valence electrons. The van der Waals surface area contributed by atoms with Crippen molar-refractivity contribution in [3.63, 3.8) is 0 Å². The van der Waals surface area contributed by atoms with E-state index in [1.165, 1.54) is 6.08 Å². The molecule has 3 N–H and O–H groups in total. The first-order chi connectivity index (χ1) is 7.10. The monoisotopic (exact) mass is 207 g/mol. The summed E-state index contributed by atoms with van der Waals surface area (Å²) < 4.78 is 0. The molecule has 0 bridgehead atoms. The van der Waals surface area contributed by atoms with Gasteiger partial charge in [0.25, 0.3) is 0 Å². The van der Waals surface area contributed by atoms with Crippen LogP contribution < -0.4 is 5.73 Å². The topological polar surface area (TPSA) is 63.3 Å². The summed E-state index contributed by atoms with van der Waals surface area (Å²) >= 11 is 0. The molecule has 0 rings (SSSR count). The second kappa shape index (κ2) is 7.62. The molecule has 0 atom stereocenters. The highest BCUT2D eigenvalue weighted by Crippen LogP contribution is 2.02. The lowest BCUT2D eigenvalue weighted by Crippen LogP contribution is -1.92. The van der Waals surface area contributed by atoms with Crippen LogP contribution in [0.4, 0.5) is 0 Å². The Morgan fingerprint density at radius 1 is 1.53 bits per heavy atom. The van der Waals surface area contributed by atoms with Crippen molar-refractivity contribution < 1.29 is 9.90 Å². The highest BCUT2D eigenvalue weighted by atomic mass is 16.3. The molecule has 0 aromatic carbocycles. The quantitative estimate of drug-likeness (QED) is 0.304. The molecule has 0 unspecified atom stereocenters. The van der Waals surface area contributed by atoms with Crippen molar-refractivity contribution in [1.29, 1.82) is 0 Å². The molecular formula is C12H17NO2. The number of rotatable bonds is 6. The molecule has 0 aliphatic rings. The molecule has 0 amide bonds. The maximum atomic E-state index is 10.2. The fourth-order valence-corrected chi connectivity index (χ4v) is 0.926. The average molecular weight is 207 g/mol. The van der Waals surface area contributed by atoms with Gasteiger partial charge in [-0.05, 0) is 18.6 Å². The summed E-state index contributed by atoms with van der Waals surface area (Å²) in [6, 6.07) is 0. The van der Waals surface area contributed by atoms with Crippen LogP contribution in [0.25, 0.3) is 0 Å². The molecule has 3 nitrogen and oxygen atoms in total. The minimum absolute atomic E-state index is 0.0904. The van der Waals surface area contributed by atoms with Gasteiger partial charge in [-0.25, -0.2) is 0 Å². The number of carbonyl (C=O) groups is 1. The smallest absolute Gasteiger partial charge is 0.149 e. The number of carbonyl (C=O) groups excluding carboxylic acids is 1. The summed E-state index contributed by atoms with van der Waals surface area (Å²) in [7, 11) is 0. The van der Waals surface area contributed by atoms with Gasteiger partial charge in [-0.3, -0.25) is 4.79 Å². The first-order valence-electron chi connectivity index (χ1n) is 4.76. The van der Waals surface area contributed by atoms with Crippen LogP contribution in [-0.4, -0.2) is 11.4 Å². The Labute approximate surface area is 90.3 Å². The Bertz CT molecular complexity index is 312. The molecule has 0 saturated heterocycles. The number of allylic oxidation sites excluding steroid dienone is 5. The van der Waals surface area contributed by atoms with E-state index < -0.39 is 0 Å². The van der Waals surface area contributed by atoms with Gasteiger partial charge in [-0.1, -0.05) is 25.7 Å².